The summed E-state index contributed by atoms with van der Waals surface area (Å²) in [6, 6.07) is 2.03. The molecule has 1 atom stereocenters. The largest absolute Gasteiger partial charge is 0.479 e. The van der Waals surface area contributed by atoms with Crippen molar-refractivity contribution in [2.24, 2.45) is 0 Å². The lowest BCUT2D eigenvalue weighted by molar-refractivity contribution is -0.153. The van der Waals surface area contributed by atoms with Crippen molar-refractivity contribution < 1.29 is 19.4 Å². The molecule has 98 valence electrons. The summed E-state index contributed by atoms with van der Waals surface area (Å²) in [6.07, 6.45) is -0.0804. The van der Waals surface area contributed by atoms with Gasteiger partial charge in [0.1, 0.15) is 6.61 Å². The van der Waals surface area contributed by atoms with Crippen molar-refractivity contribution in [2.75, 3.05) is 13.2 Å². The van der Waals surface area contributed by atoms with Gasteiger partial charge in [-0.3, -0.25) is 4.79 Å². The first-order valence-corrected chi connectivity index (χ1v) is 6.63. The molecular formula is C12H15NO4S. The molecule has 1 amide bonds. The molecule has 0 saturated carbocycles. The quantitative estimate of drug-likeness (QED) is 0.889. The van der Waals surface area contributed by atoms with Gasteiger partial charge in [-0.15, -0.1) is 11.3 Å². The van der Waals surface area contributed by atoms with E-state index in [2.05, 4.69) is 0 Å². The van der Waals surface area contributed by atoms with Gasteiger partial charge in [-0.05, 0) is 30.4 Å². The SMILES string of the molecule is C[C@@H](OCC(=O)N1CCc2sccc2C1)C(=O)O. The highest BCUT2D eigenvalue weighted by Crippen LogP contribution is 2.23. The maximum absolute atomic E-state index is 11.9. The number of amides is 1. The van der Waals surface area contributed by atoms with Gasteiger partial charge in [-0.25, -0.2) is 4.79 Å². The van der Waals surface area contributed by atoms with Crippen molar-refractivity contribution >= 4 is 23.2 Å². The molecule has 1 aromatic rings. The topological polar surface area (TPSA) is 66.8 Å². The van der Waals surface area contributed by atoms with E-state index in [-0.39, 0.29) is 12.5 Å². The smallest absolute Gasteiger partial charge is 0.332 e. The summed E-state index contributed by atoms with van der Waals surface area (Å²) in [7, 11) is 0. The Kier molecular flexibility index (Phi) is 3.98. The Hall–Kier alpha value is -1.40. The third-order valence-electron chi connectivity index (χ3n) is 2.96. The lowest BCUT2D eigenvalue weighted by Gasteiger charge is -2.27. The predicted octanol–water partition coefficient (Wildman–Crippen LogP) is 1.12. The summed E-state index contributed by atoms with van der Waals surface area (Å²) >= 11 is 1.71. The lowest BCUT2D eigenvalue weighted by Crippen LogP contribution is -2.38. The molecule has 0 spiro atoms. The average molecular weight is 269 g/mol. The van der Waals surface area contributed by atoms with Crippen LogP contribution in [0.25, 0.3) is 0 Å². The zero-order chi connectivity index (χ0) is 13.1. The number of carbonyl (C=O) groups is 2. The number of nitrogens with zero attached hydrogens (tertiary/aromatic N) is 1. The highest BCUT2D eigenvalue weighted by atomic mass is 32.1. The number of aliphatic carboxylic acids is 1. The molecule has 0 unspecified atom stereocenters. The Labute approximate surface area is 109 Å². The van der Waals surface area contributed by atoms with Crippen LogP contribution in [0, 0.1) is 0 Å². The highest BCUT2D eigenvalue weighted by Gasteiger charge is 2.22. The Morgan fingerprint density at radius 1 is 1.61 bits per heavy atom. The molecule has 1 aliphatic rings. The van der Waals surface area contributed by atoms with Crippen LogP contribution in [0.5, 0.6) is 0 Å². The molecular weight excluding hydrogens is 254 g/mol. The van der Waals surface area contributed by atoms with E-state index in [4.69, 9.17) is 9.84 Å². The average Bonchev–Trinajstić information content (AvgIpc) is 2.82. The molecule has 0 saturated heterocycles. The van der Waals surface area contributed by atoms with E-state index in [1.165, 1.54) is 17.4 Å². The van der Waals surface area contributed by atoms with Gasteiger partial charge in [0.2, 0.25) is 5.91 Å². The molecule has 2 heterocycles. The maximum atomic E-state index is 11.9. The van der Waals surface area contributed by atoms with Crippen LogP contribution in [0.1, 0.15) is 17.4 Å². The first-order valence-electron chi connectivity index (χ1n) is 5.75. The standard InChI is InChI=1S/C12H15NO4S/c1-8(12(15)16)17-7-11(14)13-4-2-10-9(6-13)3-5-18-10/h3,5,8H,2,4,6-7H2,1H3,(H,15,16)/t8-/m1/s1. The van der Waals surface area contributed by atoms with Gasteiger partial charge >= 0.3 is 5.97 Å². The summed E-state index contributed by atoms with van der Waals surface area (Å²) in [5, 5.41) is 10.7. The molecule has 1 aromatic heterocycles. The summed E-state index contributed by atoms with van der Waals surface area (Å²) in [4.78, 5) is 25.5. The second kappa shape index (κ2) is 5.49. The summed E-state index contributed by atoms with van der Waals surface area (Å²) in [5.74, 6) is -1.21. The van der Waals surface area contributed by atoms with Gasteiger partial charge in [0.15, 0.2) is 6.10 Å². The number of fused-ring (bicyclic) bond motifs is 1. The van der Waals surface area contributed by atoms with Gasteiger partial charge in [-0.1, -0.05) is 0 Å². The van der Waals surface area contributed by atoms with Gasteiger partial charge in [0.05, 0.1) is 0 Å². The molecule has 0 aliphatic carbocycles. The van der Waals surface area contributed by atoms with Crippen LogP contribution in [0.2, 0.25) is 0 Å². The number of hydrogen-bond acceptors (Lipinski definition) is 4. The number of carboxylic acids is 1. The number of rotatable bonds is 4. The van der Waals surface area contributed by atoms with E-state index in [1.807, 2.05) is 11.4 Å². The predicted molar refractivity (Wildman–Crippen MR) is 66.5 cm³/mol. The zero-order valence-electron chi connectivity index (χ0n) is 10.1. The number of carboxylic acid groups (broad SMARTS) is 1. The van der Waals surface area contributed by atoms with Crippen LogP contribution in [-0.4, -0.2) is 41.1 Å². The van der Waals surface area contributed by atoms with Crippen molar-refractivity contribution in [3.8, 4) is 0 Å². The van der Waals surface area contributed by atoms with Gasteiger partial charge in [0.25, 0.3) is 0 Å². The number of thiophene rings is 1. The first kappa shape index (κ1) is 13.0. The summed E-state index contributed by atoms with van der Waals surface area (Å²) < 4.78 is 5.00. The second-order valence-electron chi connectivity index (χ2n) is 4.23. The van der Waals surface area contributed by atoms with E-state index in [9.17, 15) is 9.59 Å². The first-order chi connectivity index (χ1) is 8.58. The fourth-order valence-electron chi connectivity index (χ4n) is 1.82. The Bertz CT molecular complexity index is 457. The number of carbonyl (C=O) groups excluding carboxylic acids is 1. The van der Waals surface area contributed by atoms with Crippen molar-refractivity contribution in [1.82, 2.24) is 4.90 Å². The minimum absolute atomic E-state index is 0.153. The van der Waals surface area contributed by atoms with Gasteiger partial charge in [-0.2, -0.15) is 0 Å². The van der Waals surface area contributed by atoms with Crippen LogP contribution in [0.3, 0.4) is 0 Å². The zero-order valence-corrected chi connectivity index (χ0v) is 10.9. The molecule has 5 nitrogen and oxygen atoms in total. The van der Waals surface area contributed by atoms with Crippen molar-refractivity contribution in [1.29, 1.82) is 0 Å². The van der Waals surface area contributed by atoms with Crippen LogP contribution in [0.15, 0.2) is 11.4 Å². The maximum Gasteiger partial charge on any atom is 0.332 e. The molecule has 0 fully saturated rings. The molecule has 0 bridgehead atoms. The van der Waals surface area contributed by atoms with Crippen LogP contribution in [-0.2, 0) is 27.3 Å². The minimum atomic E-state index is -1.05. The second-order valence-corrected chi connectivity index (χ2v) is 5.23. The molecule has 2 rings (SSSR count). The van der Waals surface area contributed by atoms with Crippen LogP contribution >= 0.6 is 11.3 Å². The van der Waals surface area contributed by atoms with Crippen molar-refractivity contribution in [3.63, 3.8) is 0 Å². The molecule has 1 aliphatic heterocycles. The molecule has 18 heavy (non-hydrogen) atoms. The van der Waals surface area contributed by atoms with Crippen LogP contribution < -0.4 is 0 Å². The monoisotopic (exact) mass is 269 g/mol. The number of hydrogen-bond donors (Lipinski definition) is 1. The van der Waals surface area contributed by atoms with E-state index < -0.39 is 12.1 Å². The normalized spacial score (nSPS) is 16.2. The number of ether oxygens (including phenoxy) is 1. The molecule has 0 aromatic carbocycles. The van der Waals surface area contributed by atoms with E-state index in [0.29, 0.717) is 13.1 Å². The summed E-state index contributed by atoms with van der Waals surface area (Å²) in [5.41, 5.74) is 1.19. The lowest BCUT2D eigenvalue weighted by atomic mass is 10.1. The van der Waals surface area contributed by atoms with Crippen LogP contribution in [0.4, 0.5) is 0 Å². The van der Waals surface area contributed by atoms with Gasteiger partial charge < -0.3 is 14.7 Å². The highest BCUT2D eigenvalue weighted by molar-refractivity contribution is 7.10. The fraction of sp³-hybridized carbons (Fsp3) is 0.500. The van der Waals surface area contributed by atoms with E-state index >= 15 is 0 Å². The Morgan fingerprint density at radius 2 is 2.39 bits per heavy atom. The van der Waals surface area contributed by atoms with E-state index in [1.54, 1.807) is 16.2 Å². The fourth-order valence-corrected chi connectivity index (χ4v) is 2.71. The molecule has 1 N–H and O–H groups in total. The van der Waals surface area contributed by atoms with Crippen molar-refractivity contribution in [2.45, 2.75) is 26.0 Å². The Balaban J connectivity index is 1.86. The third-order valence-corrected chi connectivity index (χ3v) is 3.99. The Morgan fingerprint density at radius 3 is 3.11 bits per heavy atom. The molecule has 0 radical (unpaired) electrons. The summed E-state index contributed by atoms with van der Waals surface area (Å²) in [6.45, 7) is 2.52. The molecule has 6 heteroatoms. The minimum Gasteiger partial charge on any atom is -0.479 e. The van der Waals surface area contributed by atoms with E-state index in [0.717, 1.165) is 6.42 Å². The van der Waals surface area contributed by atoms with Crippen molar-refractivity contribution in [3.05, 3.63) is 21.9 Å². The van der Waals surface area contributed by atoms with Gasteiger partial charge in [0, 0.05) is 18.0 Å². The third kappa shape index (κ3) is 2.88.